The first kappa shape index (κ1) is 20.7. The second-order valence-corrected chi connectivity index (χ2v) is 7.30. The highest BCUT2D eigenvalue weighted by molar-refractivity contribution is 8.18. The van der Waals surface area contributed by atoms with Gasteiger partial charge in [0.15, 0.2) is 0 Å². The Labute approximate surface area is 168 Å². The lowest BCUT2D eigenvalue weighted by atomic mass is 10.1. The quantitative estimate of drug-likeness (QED) is 0.729. The van der Waals surface area contributed by atoms with Crippen LogP contribution in [0.2, 0.25) is 0 Å². The molecule has 1 aliphatic rings. The van der Waals surface area contributed by atoms with E-state index in [1.807, 2.05) is 13.0 Å². The Balaban J connectivity index is 1.72. The van der Waals surface area contributed by atoms with Gasteiger partial charge in [0.05, 0.1) is 10.5 Å². The van der Waals surface area contributed by atoms with Crippen molar-refractivity contribution in [2.24, 2.45) is 0 Å². The van der Waals surface area contributed by atoms with Gasteiger partial charge in [-0.15, -0.1) is 0 Å². The third kappa shape index (κ3) is 5.05. The van der Waals surface area contributed by atoms with Gasteiger partial charge >= 0.3 is 6.18 Å². The minimum absolute atomic E-state index is 0.0438. The lowest BCUT2D eigenvalue weighted by Gasteiger charge is -2.12. The van der Waals surface area contributed by atoms with E-state index in [1.165, 1.54) is 18.2 Å². The summed E-state index contributed by atoms with van der Waals surface area (Å²) in [5.41, 5.74) is 0.733. The number of thioether (sulfide) groups is 1. The van der Waals surface area contributed by atoms with E-state index in [1.54, 1.807) is 18.2 Å². The van der Waals surface area contributed by atoms with Crippen molar-refractivity contribution in [3.8, 4) is 0 Å². The molecule has 0 aromatic heterocycles. The number of amides is 3. The summed E-state index contributed by atoms with van der Waals surface area (Å²) in [6.45, 7) is 1.36. The summed E-state index contributed by atoms with van der Waals surface area (Å²) < 4.78 is 38.5. The highest BCUT2D eigenvalue weighted by Crippen LogP contribution is 2.34. The zero-order valence-electron chi connectivity index (χ0n) is 15.1. The van der Waals surface area contributed by atoms with Crippen LogP contribution in [0, 0.1) is 6.92 Å². The van der Waals surface area contributed by atoms with E-state index < -0.39 is 35.3 Å². The zero-order chi connectivity index (χ0) is 21.2. The first-order valence-electron chi connectivity index (χ1n) is 8.42. The van der Waals surface area contributed by atoms with Gasteiger partial charge in [-0.1, -0.05) is 24.3 Å². The van der Waals surface area contributed by atoms with E-state index in [4.69, 9.17) is 0 Å². The van der Waals surface area contributed by atoms with E-state index in [2.05, 4.69) is 5.32 Å². The van der Waals surface area contributed by atoms with E-state index in [-0.39, 0.29) is 10.5 Å². The average Bonchev–Trinajstić information content (AvgIpc) is 2.89. The molecule has 3 rings (SSSR count). The molecule has 1 fully saturated rings. The highest BCUT2D eigenvalue weighted by Gasteiger charge is 2.36. The van der Waals surface area contributed by atoms with Gasteiger partial charge in [-0.2, -0.15) is 13.2 Å². The second-order valence-electron chi connectivity index (χ2n) is 6.31. The largest absolute Gasteiger partial charge is 0.416 e. The number of nitrogens with one attached hydrogen (secondary N) is 1. The van der Waals surface area contributed by atoms with Crippen LogP contribution in [0.4, 0.5) is 23.7 Å². The maximum absolute atomic E-state index is 12.8. The normalized spacial score (nSPS) is 15.9. The fraction of sp³-hybridized carbons (Fsp3) is 0.150. The molecule has 9 heteroatoms. The minimum atomic E-state index is -4.52. The number of halogens is 3. The molecule has 0 bridgehead atoms. The Bertz CT molecular complexity index is 1020. The Hall–Kier alpha value is -3.07. The van der Waals surface area contributed by atoms with Crippen molar-refractivity contribution in [1.82, 2.24) is 4.90 Å². The number of aryl methyl sites for hydroxylation is 1. The van der Waals surface area contributed by atoms with E-state index in [0.717, 1.165) is 22.6 Å². The first-order valence-corrected chi connectivity index (χ1v) is 9.24. The summed E-state index contributed by atoms with van der Waals surface area (Å²) >= 11 is 0.578. The molecule has 0 aliphatic carbocycles. The molecule has 1 N–H and O–H groups in total. The predicted octanol–water partition coefficient (Wildman–Crippen LogP) is 4.69. The first-order chi connectivity index (χ1) is 13.6. The van der Waals surface area contributed by atoms with Crippen LogP contribution in [0.3, 0.4) is 0 Å². The highest BCUT2D eigenvalue weighted by atomic mass is 32.2. The number of hydrogen-bond donors (Lipinski definition) is 1. The van der Waals surface area contributed by atoms with Crippen LogP contribution in [0.5, 0.6) is 0 Å². The van der Waals surface area contributed by atoms with Crippen LogP contribution in [0.15, 0.2) is 53.4 Å². The second kappa shape index (κ2) is 8.12. The van der Waals surface area contributed by atoms with Crippen molar-refractivity contribution in [1.29, 1.82) is 0 Å². The molecule has 2 aromatic carbocycles. The van der Waals surface area contributed by atoms with Gasteiger partial charge in [-0.25, -0.2) is 0 Å². The van der Waals surface area contributed by atoms with Crippen molar-refractivity contribution in [3.63, 3.8) is 0 Å². The van der Waals surface area contributed by atoms with Crippen LogP contribution in [-0.2, 0) is 15.8 Å². The summed E-state index contributed by atoms with van der Waals surface area (Å²) in [5.74, 6) is -1.28. The number of carbonyl (C=O) groups excluding carboxylic acids is 3. The van der Waals surface area contributed by atoms with Gasteiger partial charge in [0.1, 0.15) is 6.54 Å². The van der Waals surface area contributed by atoms with Gasteiger partial charge in [0, 0.05) is 5.69 Å². The van der Waals surface area contributed by atoms with E-state index in [0.29, 0.717) is 17.4 Å². The Morgan fingerprint density at radius 3 is 2.55 bits per heavy atom. The number of hydrogen-bond acceptors (Lipinski definition) is 4. The average molecular weight is 420 g/mol. The van der Waals surface area contributed by atoms with Crippen molar-refractivity contribution < 1.29 is 27.6 Å². The summed E-state index contributed by atoms with van der Waals surface area (Å²) in [7, 11) is 0. The lowest BCUT2D eigenvalue weighted by molar-refractivity contribution is -0.137. The molecule has 5 nitrogen and oxygen atoms in total. The Morgan fingerprint density at radius 2 is 1.86 bits per heavy atom. The molecular weight excluding hydrogens is 405 g/mol. The smallest absolute Gasteiger partial charge is 0.325 e. The summed E-state index contributed by atoms with van der Waals surface area (Å²) in [4.78, 5) is 37.5. The molecule has 1 heterocycles. The zero-order valence-corrected chi connectivity index (χ0v) is 15.9. The molecule has 1 aliphatic heterocycles. The number of carbonyl (C=O) groups is 3. The summed E-state index contributed by atoms with van der Waals surface area (Å²) in [5, 5.41) is 1.94. The summed E-state index contributed by atoms with van der Waals surface area (Å²) in [6.07, 6.45) is -3.31. The van der Waals surface area contributed by atoms with Crippen molar-refractivity contribution in [2.75, 3.05) is 11.9 Å². The fourth-order valence-electron chi connectivity index (χ4n) is 2.66. The van der Waals surface area contributed by atoms with Crippen LogP contribution in [0.25, 0.3) is 6.08 Å². The Kier molecular flexibility index (Phi) is 5.78. The number of rotatable bonds is 4. The van der Waals surface area contributed by atoms with Crippen molar-refractivity contribution >= 4 is 40.6 Å². The molecule has 150 valence electrons. The van der Waals surface area contributed by atoms with Crippen LogP contribution < -0.4 is 5.32 Å². The lowest BCUT2D eigenvalue weighted by Crippen LogP contribution is -2.36. The van der Waals surface area contributed by atoms with Crippen molar-refractivity contribution in [3.05, 3.63) is 70.1 Å². The molecular formula is C20H15F3N2O3S. The predicted molar refractivity (Wildman–Crippen MR) is 104 cm³/mol. The molecule has 0 atom stereocenters. The molecule has 0 radical (unpaired) electrons. The molecule has 3 amide bonds. The number of benzene rings is 2. The number of imide groups is 1. The monoisotopic (exact) mass is 420 g/mol. The third-order valence-corrected chi connectivity index (χ3v) is 4.90. The standard InChI is InChI=1S/C20H15F3N2O3S/c1-12-4-2-7-15(8-12)24-17(26)11-25-18(27)16(29-19(25)28)10-13-5-3-6-14(9-13)20(21,22)23/h2-10H,11H2,1H3,(H,24,26). The topological polar surface area (TPSA) is 66.5 Å². The molecule has 0 spiro atoms. The maximum atomic E-state index is 12.8. The van der Waals surface area contributed by atoms with Gasteiger partial charge in [0.2, 0.25) is 5.91 Å². The molecule has 29 heavy (non-hydrogen) atoms. The van der Waals surface area contributed by atoms with E-state index in [9.17, 15) is 27.6 Å². The summed E-state index contributed by atoms with van der Waals surface area (Å²) in [6, 6.07) is 11.4. The van der Waals surface area contributed by atoms with Crippen LogP contribution in [-0.4, -0.2) is 28.5 Å². The van der Waals surface area contributed by atoms with Gasteiger partial charge in [0.25, 0.3) is 11.1 Å². The van der Waals surface area contributed by atoms with Gasteiger partial charge in [-0.3, -0.25) is 19.3 Å². The molecule has 2 aromatic rings. The third-order valence-electron chi connectivity index (χ3n) is 3.99. The number of nitrogens with zero attached hydrogens (tertiary/aromatic N) is 1. The molecule has 1 saturated heterocycles. The Morgan fingerprint density at radius 1 is 1.14 bits per heavy atom. The van der Waals surface area contributed by atoms with Gasteiger partial charge in [-0.05, 0) is 60.2 Å². The number of alkyl halides is 3. The van der Waals surface area contributed by atoms with E-state index >= 15 is 0 Å². The molecule has 0 saturated carbocycles. The van der Waals surface area contributed by atoms with Gasteiger partial charge < -0.3 is 5.32 Å². The molecule has 0 unspecified atom stereocenters. The minimum Gasteiger partial charge on any atom is -0.325 e. The van der Waals surface area contributed by atoms with Crippen LogP contribution >= 0.6 is 11.8 Å². The SMILES string of the molecule is Cc1cccc(NC(=O)CN2C(=O)SC(=Cc3cccc(C(F)(F)F)c3)C2=O)c1. The fourth-order valence-corrected chi connectivity index (χ4v) is 3.50. The maximum Gasteiger partial charge on any atom is 0.416 e. The number of anilines is 1. The van der Waals surface area contributed by atoms with Crippen molar-refractivity contribution in [2.45, 2.75) is 13.1 Å². The van der Waals surface area contributed by atoms with Crippen LogP contribution in [0.1, 0.15) is 16.7 Å².